The topological polar surface area (TPSA) is 68.7 Å². The molecule has 0 fully saturated rings. The van der Waals surface area contributed by atoms with Crippen LogP contribution in [0.5, 0.6) is 11.5 Å². The Balaban J connectivity index is 1.45. The first-order valence-electron chi connectivity index (χ1n) is 8.83. The number of ether oxygens (including phenoxy) is 2. The van der Waals surface area contributed by atoms with E-state index in [1.807, 2.05) is 19.1 Å². The normalized spacial score (nSPS) is 15.1. The van der Waals surface area contributed by atoms with E-state index >= 15 is 0 Å². The molecule has 2 heterocycles. The average molecular weight is 399 g/mol. The van der Waals surface area contributed by atoms with Crippen LogP contribution in [0.25, 0.3) is 10.6 Å². The van der Waals surface area contributed by atoms with Crippen molar-refractivity contribution in [2.24, 2.45) is 0 Å². The summed E-state index contributed by atoms with van der Waals surface area (Å²) >= 11 is 1.52. The maximum Gasteiger partial charge on any atom is 0.304 e. The lowest BCUT2D eigenvalue weighted by molar-refractivity contribution is -0.137. The number of hydrogen-bond donors (Lipinski definition) is 1. The van der Waals surface area contributed by atoms with Gasteiger partial charge in [0, 0.05) is 23.1 Å². The van der Waals surface area contributed by atoms with Crippen LogP contribution in [0, 0.1) is 12.7 Å². The van der Waals surface area contributed by atoms with E-state index in [2.05, 4.69) is 4.98 Å². The number of carbonyl (C=O) groups is 1. The lowest BCUT2D eigenvalue weighted by atomic mass is 9.98. The first kappa shape index (κ1) is 18.4. The number of aryl methyl sites for hydroxylation is 1. The summed E-state index contributed by atoms with van der Waals surface area (Å²) < 4.78 is 24.6. The minimum atomic E-state index is -0.834. The number of carboxylic acids is 1. The number of benzene rings is 2. The summed E-state index contributed by atoms with van der Waals surface area (Å²) in [6.45, 7) is 2.66. The third kappa shape index (κ3) is 3.84. The maximum absolute atomic E-state index is 13.1. The predicted molar refractivity (Wildman–Crippen MR) is 104 cm³/mol. The van der Waals surface area contributed by atoms with E-state index in [4.69, 9.17) is 14.6 Å². The molecule has 3 aromatic rings. The molecule has 0 bridgehead atoms. The third-order valence-electron chi connectivity index (χ3n) is 4.64. The molecule has 0 saturated heterocycles. The zero-order valence-corrected chi connectivity index (χ0v) is 16.0. The van der Waals surface area contributed by atoms with Gasteiger partial charge in [0.05, 0.1) is 23.6 Å². The second-order valence-electron chi connectivity index (χ2n) is 6.63. The van der Waals surface area contributed by atoms with E-state index in [0.717, 1.165) is 26.7 Å². The summed E-state index contributed by atoms with van der Waals surface area (Å²) in [5, 5.41) is 9.81. The molecule has 0 amide bonds. The molecule has 0 saturated carbocycles. The quantitative estimate of drug-likeness (QED) is 0.646. The minimum absolute atomic E-state index is 0.0550. The van der Waals surface area contributed by atoms with Crippen molar-refractivity contribution in [1.82, 2.24) is 4.98 Å². The maximum atomic E-state index is 13.1. The van der Waals surface area contributed by atoms with Gasteiger partial charge in [-0.05, 0) is 37.3 Å². The molecule has 0 radical (unpaired) electrons. The van der Waals surface area contributed by atoms with Crippen LogP contribution in [0.1, 0.15) is 28.5 Å². The van der Waals surface area contributed by atoms with Crippen molar-refractivity contribution in [2.75, 3.05) is 6.61 Å². The van der Waals surface area contributed by atoms with E-state index in [9.17, 15) is 9.18 Å². The molecule has 1 N–H and O–H groups in total. The number of carboxylic acid groups (broad SMARTS) is 1. The molecule has 5 nitrogen and oxygen atoms in total. The van der Waals surface area contributed by atoms with E-state index in [0.29, 0.717) is 24.7 Å². The van der Waals surface area contributed by atoms with Gasteiger partial charge in [0.15, 0.2) is 0 Å². The number of thiazole rings is 1. The van der Waals surface area contributed by atoms with Crippen LogP contribution in [0.15, 0.2) is 42.5 Å². The number of rotatable bonds is 6. The summed E-state index contributed by atoms with van der Waals surface area (Å²) in [6.07, 6.45) is 0.0550. The Morgan fingerprint density at radius 1 is 1.32 bits per heavy atom. The molecule has 28 heavy (non-hydrogen) atoms. The molecule has 0 spiro atoms. The van der Waals surface area contributed by atoms with Gasteiger partial charge in [0.25, 0.3) is 0 Å². The molecular weight excluding hydrogens is 381 g/mol. The fourth-order valence-corrected chi connectivity index (χ4v) is 4.13. The largest absolute Gasteiger partial charge is 0.492 e. The van der Waals surface area contributed by atoms with Gasteiger partial charge in [0.1, 0.15) is 28.9 Å². The summed E-state index contributed by atoms with van der Waals surface area (Å²) in [4.78, 5) is 16.5. The van der Waals surface area contributed by atoms with Crippen molar-refractivity contribution >= 4 is 17.3 Å². The fraction of sp³-hybridized carbons (Fsp3) is 0.238. The monoisotopic (exact) mass is 399 g/mol. The molecule has 144 valence electrons. The first-order chi connectivity index (χ1) is 13.5. The van der Waals surface area contributed by atoms with Crippen molar-refractivity contribution in [2.45, 2.75) is 25.9 Å². The molecule has 1 aliphatic heterocycles. The van der Waals surface area contributed by atoms with Crippen molar-refractivity contribution in [1.29, 1.82) is 0 Å². The highest BCUT2D eigenvalue weighted by molar-refractivity contribution is 7.15. The smallest absolute Gasteiger partial charge is 0.304 e. The number of aliphatic carboxylic acids is 1. The third-order valence-corrected chi connectivity index (χ3v) is 5.82. The molecule has 1 atom stereocenters. The van der Waals surface area contributed by atoms with Crippen LogP contribution in [-0.4, -0.2) is 22.7 Å². The summed E-state index contributed by atoms with van der Waals surface area (Å²) in [6, 6.07) is 11.8. The molecule has 1 aromatic heterocycles. The van der Waals surface area contributed by atoms with Crippen molar-refractivity contribution < 1.29 is 23.8 Å². The van der Waals surface area contributed by atoms with Gasteiger partial charge in [-0.3, -0.25) is 4.79 Å². The Kier molecular flexibility index (Phi) is 5.00. The Morgan fingerprint density at radius 2 is 2.11 bits per heavy atom. The van der Waals surface area contributed by atoms with E-state index in [1.165, 1.54) is 23.5 Å². The van der Waals surface area contributed by atoms with Gasteiger partial charge < -0.3 is 14.6 Å². The van der Waals surface area contributed by atoms with Crippen LogP contribution in [0.3, 0.4) is 0 Å². The number of hydrogen-bond acceptors (Lipinski definition) is 5. The van der Waals surface area contributed by atoms with Gasteiger partial charge in [0.2, 0.25) is 0 Å². The first-order valence-corrected chi connectivity index (χ1v) is 9.65. The van der Waals surface area contributed by atoms with E-state index in [1.54, 1.807) is 18.2 Å². The zero-order chi connectivity index (χ0) is 19.7. The number of nitrogens with zero attached hydrogens (tertiary/aromatic N) is 1. The van der Waals surface area contributed by atoms with Gasteiger partial charge in [-0.15, -0.1) is 11.3 Å². The van der Waals surface area contributed by atoms with Crippen LogP contribution in [0.2, 0.25) is 0 Å². The molecule has 7 heteroatoms. The summed E-state index contributed by atoms with van der Waals surface area (Å²) in [7, 11) is 0. The van der Waals surface area contributed by atoms with Gasteiger partial charge >= 0.3 is 5.97 Å². The average Bonchev–Trinajstić information content (AvgIpc) is 3.23. The van der Waals surface area contributed by atoms with Crippen molar-refractivity contribution in [3.8, 4) is 22.1 Å². The predicted octanol–water partition coefficient (Wildman–Crippen LogP) is 4.79. The Morgan fingerprint density at radius 3 is 2.86 bits per heavy atom. The number of fused-ring (bicyclic) bond motifs is 1. The molecule has 2 aromatic carbocycles. The minimum Gasteiger partial charge on any atom is -0.492 e. The molecule has 1 aliphatic rings. The van der Waals surface area contributed by atoms with Crippen molar-refractivity contribution in [3.63, 3.8) is 0 Å². The molecule has 1 unspecified atom stereocenters. The highest BCUT2D eigenvalue weighted by Crippen LogP contribution is 2.38. The molecular formula is C21H18FNO4S. The molecule has 4 rings (SSSR count). The molecule has 0 aliphatic carbocycles. The van der Waals surface area contributed by atoms with Gasteiger partial charge in [-0.2, -0.15) is 0 Å². The second kappa shape index (κ2) is 7.59. The lowest BCUT2D eigenvalue weighted by Crippen LogP contribution is -2.07. The zero-order valence-electron chi connectivity index (χ0n) is 15.1. The second-order valence-corrected chi connectivity index (χ2v) is 7.71. The lowest BCUT2D eigenvalue weighted by Gasteiger charge is -2.08. The standard InChI is InChI=1S/C21H18FNO4S/c1-12-19(28-21(23-12)13-2-4-15(22)5-3-13)11-26-16-6-7-17-14(8-20(24)25)10-27-18(17)9-16/h2-7,9,14H,8,10-11H2,1H3,(H,24,25). The Hall–Kier alpha value is -2.93. The Labute approximate surface area is 165 Å². The number of aromatic nitrogens is 1. The van der Waals surface area contributed by atoms with Crippen molar-refractivity contribution in [3.05, 3.63) is 64.4 Å². The van der Waals surface area contributed by atoms with Gasteiger partial charge in [-0.1, -0.05) is 6.07 Å². The highest BCUT2D eigenvalue weighted by Gasteiger charge is 2.26. The van der Waals surface area contributed by atoms with Crippen LogP contribution < -0.4 is 9.47 Å². The Bertz CT molecular complexity index is 1020. The number of halogens is 1. The van der Waals surface area contributed by atoms with E-state index < -0.39 is 5.97 Å². The van der Waals surface area contributed by atoms with Crippen LogP contribution in [-0.2, 0) is 11.4 Å². The van der Waals surface area contributed by atoms with Crippen LogP contribution >= 0.6 is 11.3 Å². The van der Waals surface area contributed by atoms with Crippen LogP contribution in [0.4, 0.5) is 4.39 Å². The fourth-order valence-electron chi connectivity index (χ4n) is 3.15. The van der Waals surface area contributed by atoms with Gasteiger partial charge in [-0.25, -0.2) is 9.37 Å². The summed E-state index contributed by atoms with van der Waals surface area (Å²) in [5.41, 5.74) is 2.65. The summed E-state index contributed by atoms with van der Waals surface area (Å²) in [5.74, 6) is 0.107. The van der Waals surface area contributed by atoms with E-state index in [-0.39, 0.29) is 18.2 Å². The SMILES string of the molecule is Cc1nc(-c2ccc(F)cc2)sc1COc1ccc2c(c1)OCC2CC(=O)O. The highest BCUT2D eigenvalue weighted by atomic mass is 32.1.